The van der Waals surface area contributed by atoms with Crippen LogP contribution in [0.1, 0.15) is 25.7 Å². The van der Waals surface area contributed by atoms with Crippen LogP contribution in [0.3, 0.4) is 0 Å². The highest BCUT2D eigenvalue weighted by Crippen LogP contribution is 2.25. The van der Waals surface area contributed by atoms with Gasteiger partial charge in [-0.2, -0.15) is 12.6 Å². The van der Waals surface area contributed by atoms with E-state index >= 15 is 0 Å². The van der Waals surface area contributed by atoms with E-state index in [4.69, 9.17) is 4.43 Å². The van der Waals surface area contributed by atoms with Crippen LogP contribution in [0.15, 0.2) is 0 Å². The number of hydrogen-bond donors (Lipinski definition) is 1. The lowest BCUT2D eigenvalue weighted by molar-refractivity contribution is 0.405. The van der Waals surface area contributed by atoms with Gasteiger partial charge >= 0.3 is 0 Å². The van der Waals surface area contributed by atoms with E-state index in [9.17, 15) is 0 Å². The molecule has 0 saturated heterocycles. The predicted molar refractivity (Wildman–Crippen MR) is 88.7 cm³/mol. The molecule has 0 atom stereocenters. The highest BCUT2D eigenvalue weighted by molar-refractivity contribution is 7.80. The standard InChI is InChI=1S/C13H32OSSi2/c1-14-17(4,5)13-12-16(2,3)11-9-7-6-8-10-15/h15H,6-13H2,1-5H3. The molecule has 17 heavy (non-hydrogen) atoms. The molecule has 0 heterocycles. The van der Waals surface area contributed by atoms with E-state index in [0.29, 0.717) is 0 Å². The summed E-state index contributed by atoms with van der Waals surface area (Å²) in [6, 6.07) is 4.29. The average Bonchev–Trinajstić information content (AvgIpc) is 2.27. The van der Waals surface area contributed by atoms with Crippen LogP contribution in [0, 0.1) is 0 Å². The third kappa shape index (κ3) is 10.4. The van der Waals surface area contributed by atoms with Crippen molar-refractivity contribution in [3.63, 3.8) is 0 Å². The third-order valence-corrected chi connectivity index (χ3v) is 10.4. The molecule has 0 spiro atoms. The molecular formula is C13H32OSSi2. The Labute approximate surface area is 116 Å². The predicted octanol–water partition coefficient (Wildman–Crippen LogP) is 5.04. The second kappa shape index (κ2) is 8.78. The van der Waals surface area contributed by atoms with Crippen LogP contribution in [0.2, 0.25) is 44.3 Å². The summed E-state index contributed by atoms with van der Waals surface area (Å²) in [5.41, 5.74) is 0. The summed E-state index contributed by atoms with van der Waals surface area (Å²) < 4.78 is 5.64. The van der Waals surface area contributed by atoms with Gasteiger partial charge in [-0.05, 0) is 31.3 Å². The smallest absolute Gasteiger partial charge is 0.185 e. The highest BCUT2D eigenvalue weighted by Gasteiger charge is 2.27. The maximum atomic E-state index is 5.64. The Hall–Kier alpha value is 0.744. The fourth-order valence-corrected chi connectivity index (χ4v) is 8.94. The van der Waals surface area contributed by atoms with Gasteiger partial charge in [0.05, 0.1) is 0 Å². The van der Waals surface area contributed by atoms with Crippen LogP contribution in [0.5, 0.6) is 0 Å². The van der Waals surface area contributed by atoms with E-state index in [2.05, 4.69) is 38.8 Å². The van der Waals surface area contributed by atoms with Gasteiger partial charge in [0.2, 0.25) is 0 Å². The monoisotopic (exact) mass is 292 g/mol. The maximum Gasteiger partial charge on any atom is 0.185 e. The molecule has 0 rings (SSSR count). The van der Waals surface area contributed by atoms with E-state index in [1.807, 2.05) is 7.11 Å². The van der Waals surface area contributed by atoms with Crippen LogP contribution in [0.4, 0.5) is 0 Å². The van der Waals surface area contributed by atoms with E-state index in [0.717, 1.165) is 5.75 Å². The van der Waals surface area contributed by atoms with E-state index in [-0.39, 0.29) is 0 Å². The van der Waals surface area contributed by atoms with Gasteiger partial charge in [-0.15, -0.1) is 0 Å². The van der Waals surface area contributed by atoms with Gasteiger partial charge < -0.3 is 4.43 Å². The fraction of sp³-hybridized carbons (Fsp3) is 1.00. The molecule has 0 fully saturated rings. The molecule has 0 radical (unpaired) electrons. The van der Waals surface area contributed by atoms with E-state index < -0.39 is 16.4 Å². The molecule has 0 aliphatic carbocycles. The molecule has 0 aromatic rings. The molecule has 1 nitrogen and oxygen atoms in total. The normalized spacial score (nSPS) is 13.1. The van der Waals surface area contributed by atoms with Crippen LogP contribution >= 0.6 is 12.6 Å². The highest BCUT2D eigenvalue weighted by atomic mass is 32.1. The summed E-state index contributed by atoms with van der Waals surface area (Å²) in [5.74, 6) is 1.05. The summed E-state index contributed by atoms with van der Waals surface area (Å²) in [4.78, 5) is 0. The first-order valence-corrected chi connectivity index (χ1v) is 14.2. The molecule has 0 N–H and O–H groups in total. The number of hydrogen-bond acceptors (Lipinski definition) is 2. The maximum absolute atomic E-state index is 5.64. The summed E-state index contributed by atoms with van der Waals surface area (Å²) >= 11 is 4.25. The second-order valence-corrected chi connectivity index (χ2v) is 16.7. The number of unbranched alkanes of at least 4 members (excludes halogenated alkanes) is 3. The zero-order valence-corrected chi connectivity index (χ0v) is 15.4. The molecular weight excluding hydrogens is 260 g/mol. The lowest BCUT2D eigenvalue weighted by Crippen LogP contribution is -2.33. The minimum absolute atomic E-state index is 0.954. The molecule has 104 valence electrons. The average molecular weight is 293 g/mol. The minimum atomic E-state index is -1.32. The summed E-state index contributed by atoms with van der Waals surface area (Å²) in [6.07, 6.45) is 5.49. The van der Waals surface area contributed by atoms with Gasteiger partial charge in [0.25, 0.3) is 0 Å². The minimum Gasteiger partial charge on any atom is -0.420 e. The van der Waals surface area contributed by atoms with Gasteiger partial charge in [-0.1, -0.05) is 44.4 Å². The SMILES string of the molecule is CO[Si](C)(C)CC[Si](C)(C)CCCCCCS. The van der Waals surface area contributed by atoms with Gasteiger partial charge in [-0.3, -0.25) is 0 Å². The van der Waals surface area contributed by atoms with Crippen molar-refractivity contribution in [3.05, 3.63) is 0 Å². The summed E-state index contributed by atoms with van der Waals surface area (Å²) in [7, 11) is -0.389. The Balaban J connectivity index is 3.72. The van der Waals surface area contributed by atoms with Crippen LogP contribution in [-0.4, -0.2) is 29.3 Å². The van der Waals surface area contributed by atoms with Gasteiger partial charge in [0.1, 0.15) is 0 Å². The van der Waals surface area contributed by atoms with Crippen LogP contribution in [-0.2, 0) is 4.43 Å². The Bertz CT molecular complexity index is 196. The van der Waals surface area contributed by atoms with Crippen molar-refractivity contribution in [3.8, 4) is 0 Å². The second-order valence-electron chi connectivity index (χ2n) is 6.52. The van der Waals surface area contributed by atoms with Crippen molar-refractivity contribution in [1.82, 2.24) is 0 Å². The lowest BCUT2D eigenvalue weighted by Gasteiger charge is -2.27. The Morgan fingerprint density at radius 3 is 1.94 bits per heavy atom. The van der Waals surface area contributed by atoms with Gasteiger partial charge in [0, 0.05) is 15.2 Å². The van der Waals surface area contributed by atoms with E-state index in [1.165, 1.54) is 43.8 Å². The first-order valence-electron chi connectivity index (χ1n) is 6.99. The molecule has 4 heteroatoms. The first-order chi connectivity index (χ1) is 7.83. The lowest BCUT2D eigenvalue weighted by atomic mass is 10.2. The molecule has 0 bridgehead atoms. The zero-order valence-electron chi connectivity index (χ0n) is 12.5. The van der Waals surface area contributed by atoms with Crippen molar-refractivity contribution in [2.45, 2.75) is 70.0 Å². The molecule has 0 aromatic heterocycles. The Kier molecular flexibility index (Phi) is 9.16. The van der Waals surface area contributed by atoms with E-state index in [1.54, 1.807) is 0 Å². The molecule has 0 amide bonds. The van der Waals surface area contributed by atoms with Crippen molar-refractivity contribution in [1.29, 1.82) is 0 Å². The summed E-state index contributed by atoms with van der Waals surface area (Å²) in [6.45, 7) is 9.77. The van der Waals surface area contributed by atoms with Crippen molar-refractivity contribution in [2.75, 3.05) is 12.9 Å². The quantitative estimate of drug-likeness (QED) is 0.337. The van der Waals surface area contributed by atoms with Crippen molar-refractivity contribution < 1.29 is 4.43 Å². The van der Waals surface area contributed by atoms with Crippen LogP contribution < -0.4 is 0 Å². The fourth-order valence-electron chi connectivity index (χ4n) is 1.94. The number of rotatable bonds is 10. The molecule has 0 unspecified atom stereocenters. The Morgan fingerprint density at radius 1 is 0.824 bits per heavy atom. The van der Waals surface area contributed by atoms with Gasteiger partial charge in [0.15, 0.2) is 8.32 Å². The molecule has 0 aliphatic rings. The number of thiol groups is 1. The molecule has 0 aliphatic heterocycles. The third-order valence-electron chi connectivity index (χ3n) is 3.72. The Morgan fingerprint density at radius 2 is 1.41 bits per heavy atom. The van der Waals surface area contributed by atoms with Crippen molar-refractivity contribution >= 4 is 29.0 Å². The molecule has 0 saturated carbocycles. The first kappa shape index (κ1) is 17.7. The zero-order chi connectivity index (χ0) is 13.4. The topological polar surface area (TPSA) is 9.23 Å². The van der Waals surface area contributed by atoms with Gasteiger partial charge in [-0.25, -0.2) is 0 Å². The van der Waals surface area contributed by atoms with Crippen molar-refractivity contribution in [2.24, 2.45) is 0 Å². The molecule has 0 aromatic carbocycles. The largest absolute Gasteiger partial charge is 0.420 e. The summed E-state index contributed by atoms with van der Waals surface area (Å²) in [5, 5.41) is 0. The van der Waals surface area contributed by atoms with Crippen LogP contribution in [0.25, 0.3) is 0 Å².